The molecule has 0 spiro atoms. The Morgan fingerprint density at radius 2 is 2.00 bits per heavy atom. The summed E-state index contributed by atoms with van der Waals surface area (Å²) >= 11 is 12.2. The first-order chi connectivity index (χ1) is 8.22. The molecule has 2 nitrogen and oxygen atoms in total. The van der Waals surface area contributed by atoms with Crippen LogP contribution in [0.15, 0.2) is 42.6 Å². The summed E-state index contributed by atoms with van der Waals surface area (Å²) in [5.41, 5.74) is 1.85. The molecule has 17 heavy (non-hydrogen) atoms. The van der Waals surface area contributed by atoms with Crippen molar-refractivity contribution in [3.05, 3.63) is 63.9 Å². The fraction of sp³-hybridized carbons (Fsp3) is 0.154. The predicted octanol–water partition coefficient (Wildman–Crippen LogP) is 3.70. The number of halogens is 2. The van der Waals surface area contributed by atoms with E-state index < -0.39 is 0 Å². The Kier molecular flexibility index (Phi) is 4.00. The van der Waals surface area contributed by atoms with Crippen molar-refractivity contribution in [2.24, 2.45) is 0 Å². The molecule has 1 N–H and O–H groups in total. The van der Waals surface area contributed by atoms with E-state index in [-0.39, 0.29) is 6.04 Å². The maximum atomic E-state index is 6.19. The van der Waals surface area contributed by atoms with Crippen molar-refractivity contribution in [1.82, 2.24) is 10.3 Å². The van der Waals surface area contributed by atoms with E-state index in [0.717, 1.165) is 11.3 Å². The van der Waals surface area contributed by atoms with Gasteiger partial charge in [0, 0.05) is 16.2 Å². The van der Waals surface area contributed by atoms with E-state index in [1.807, 2.05) is 31.3 Å². The molecule has 4 heteroatoms. The summed E-state index contributed by atoms with van der Waals surface area (Å²) in [6, 6.07) is 11.2. The maximum absolute atomic E-state index is 6.19. The van der Waals surface area contributed by atoms with Crippen molar-refractivity contribution >= 4 is 23.2 Å². The fourth-order valence-electron chi connectivity index (χ4n) is 1.75. The fourth-order valence-corrected chi connectivity index (χ4v) is 2.15. The molecule has 0 fully saturated rings. The average Bonchev–Trinajstić information content (AvgIpc) is 2.36. The Hall–Kier alpha value is -1.09. The zero-order chi connectivity index (χ0) is 12.3. The minimum atomic E-state index is -0.0533. The van der Waals surface area contributed by atoms with Gasteiger partial charge in [0.15, 0.2) is 0 Å². The molecule has 0 saturated heterocycles. The molecular formula is C13H12Cl2N2. The lowest BCUT2D eigenvalue weighted by atomic mass is 10.0. The zero-order valence-electron chi connectivity index (χ0n) is 9.32. The molecule has 2 rings (SSSR count). The summed E-state index contributed by atoms with van der Waals surface area (Å²) in [4.78, 5) is 4.33. The SMILES string of the molecule is CNC(c1ccccn1)c1cc(Cl)ccc1Cl. The highest BCUT2D eigenvalue weighted by molar-refractivity contribution is 6.33. The summed E-state index contributed by atoms with van der Waals surface area (Å²) < 4.78 is 0. The Labute approximate surface area is 111 Å². The van der Waals surface area contributed by atoms with Crippen molar-refractivity contribution in [1.29, 1.82) is 0 Å². The van der Waals surface area contributed by atoms with E-state index in [1.165, 1.54) is 0 Å². The van der Waals surface area contributed by atoms with Crippen molar-refractivity contribution in [3.63, 3.8) is 0 Å². The lowest BCUT2D eigenvalue weighted by Gasteiger charge is -2.17. The highest BCUT2D eigenvalue weighted by atomic mass is 35.5. The van der Waals surface area contributed by atoms with Crippen molar-refractivity contribution in [3.8, 4) is 0 Å². The van der Waals surface area contributed by atoms with Gasteiger partial charge in [-0.3, -0.25) is 4.98 Å². The summed E-state index contributed by atoms with van der Waals surface area (Å²) in [7, 11) is 1.87. The van der Waals surface area contributed by atoms with Crippen molar-refractivity contribution in [2.75, 3.05) is 7.05 Å². The van der Waals surface area contributed by atoms with Gasteiger partial charge in [0.05, 0.1) is 11.7 Å². The molecular weight excluding hydrogens is 255 g/mol. The van der Waals surface area contributed by atoms with E-state index in [4.69, 9.17) is 23.2 Å². The van der Waals surface area contributed by atoms with E-state index in [9.17, 15) is 0 Å². The summed E-state index contributed by atoms with van der Waals surface area (Å²) in [5.74, 6) is 0. The average molecular weight is 267 g/mol. The Bertz CT molecular complexity index is 500. The van der Waals surface area contributed by atoms with Crippen LogP contribution in [0.4, 0.5) is 0 Å². The van der Waals surface area contributed by atoms with Crippen LogP contribution in [-0.4, -0.2) is 12.0 Å². The van der Waals surface area contributed by atoms with Gasteiger partial charge < -0.3 is 5.32 Å². The monoisotopic (exact) mass is 266 g/mol. The van der Waals surface area contributed by atoms with Crippen LogP contribution in [0.5, 0.6) is 0 Å². The minimum Gasteiger partial charge on any atom is -0.308 e. The number of benzene rings is 1. The van der Waals surface area contributed by atoms with Crippen molar-refractivity contribution < 1.29 is 0 Å². The minimum absolute atomic E-state index is 0.0533. The van der Waals surface area contributed by atoms with Crippen LogP contribution >= 0.6 is 23.2 Å². The number of nitrogens with one attached hydrogen (secondary N) is 1. The molecule has 0 aliphatic carbocycles. The molecule has 1 aromatic heterocycles. The Morgan fingerprint density at radius 1 is 1.18 bits per heavy atom. The van der Waals surface area contributed by atoms with Gasteiger partial charge >= 0.3 is 0 Å². The third-order valence-electron chi connectivity index (χ3n) is 2.54. The molecule has 1 unspecified atom stereocenters. The van der Waals surface area contributed by atoms with Gasteiger partial charge in [-0.2, -0.15) is 0 Å². The maximum Gasteiger partial charge on any atom is 0.0763 e. The second-order valence-electron chi connectivity index (χ2n) is 3.64. The molecule has 1 atom stereocenters. The number of hydrogen-bond acceptors (Lipinski definition) is 2. The summed E-state index contributed by atoms with van der Waals surface area (Å²) in [6.07, 6.45) is 1.76. The van der Waals surface area contributed by atoms with Gasteiger partial charge in [0.25, 0.3) is 0 Å². The van der Waals surface area contributed by atoms with Crippen LogP contribution in [-0.2, 0) is 0 Å². The number of aromatic nitrogens is 1. The molecule has 2 aromatic rings. The zero-order valence-corrected chi connectivity index (χ0v) is 10.8. The molecule has 1 heterocycles. The van der Waals surface area contributed by atoms with Gasteiger partial charge in [-0.05, 0) is 42.9 Å². The third kappa shape index (κ3) is 2.78. The number of hydrogen-bond donors (Lipinski definition) is 1. The smallest absolute Gasteiger partial charge is 0.0763 e. The van der Waals surface area contributed by atoms with E-state index in [2.05, 4.69) is 10.3 Å². The number of nitrogens with zero attached hydrogens (tertiary/aromatic N) is 1. The first kappa shape index (κ1) is 12.4. The van der Waals surface area contributed by atoms with E-state index >= 15 is 0 Å². The highest BCUT2D eigenvalue weighted by Crippen LogP contribution is 2.29. The largest absolute Gasteiger partial charge is 0.308 e. The Balaban J connectivity index is 2.46. The highest BCUT2D eigenvalue weighted by Gasteiger charge is 2.16. The lowest BCUT2D eigenvalue weighted by Crippen LogP contribution is -2.19. The summed E-state index contributed by atoms with van der Waals surface area (Å²) in [6.45, 7) is 0. The molecule has 0 aliphatic rings. The third-order valence-corrected chi connectivity index (χ3v) is 3.12. The van der Waals surface area contributed by atoms with Crippen molar-refractivity contribution in [2.45, 2.75) is 6.04 Å². The lowest BCUT2D eigenvalue weighted by molar-refractivity contribution is 0.671. The standard InChI is InChI=1S/C13H12Cl2N2/c1-16-13(12-4-2-3-7-17-12)10-8-9(14)5-6-11(10)15/h2-8,13,16H,1H3. The van der Waals surface area contributed by atoms with Gasteiger partial charge in [0.1, 0.15) is 0 Å². The number of pyridine rings is 1. The summed E-state index contributed by atoms with van der Waals surface area (Å²) in [5, 5.41) is 4.54. The van der Waals surface area contributed by atoms with Crippen LogP contribution in [0, 0.1) is 0 Å². The molecule has 88 valence electrons. The van der Waals surface area contributed by atoms with E-state index in [0.29, 0.717) is 10.0 Å². The molecule has 1 aromatic carbocycles. The second-order valence-corrected chi connectivity index (χ2v) is 4.49. The molecule has 0 amide bonds. The van der Waals surface area contributed by atoms with Crippen LogP contribution in [0.1, 0.15) is 17.3 Å². The molecule has 0 bridgehead atoms. The van der Waals surface area contributed by atoms with Gasteiger partial charge in [-0.15, -0.1) is 0 Å². The first-order valence-corrected chi connectivity index (χ1v) is 6.01. The van der Waals surface area contributed by atoms with Crippen LogP contribution in [0.3, 0.4) is 0 Å². The predicted molar refractivity (Wildman–Crippen MR) is 71.6 cm³/mol. The topological polar surface area (TPSA) is 24.9 Å². The van der Waals surface area contributed by atoms with Crippen LogP contribution in [0.25, 0.3) is 0 Å². The van der Waals surface area contributed by atoms with Gasteiger partial charge in [-0.25, -0.2) is 0 Å². The normalized spacial score (nSPS) is 12.4. The molecule has 0 aliphatic heterocycles. The van der Waals surface area contributed by atoms with Crippen LogP contribution in [0.2, 0.25) is 10.0 Å². The first-order valence-electron chi connectivity index (χ1n) is 5.25. The molecule has 0 saturated carbocycles. The quantitative estimate of drug-likeness (QED) is 0.917. The Morgan fingerprint density at radius 3 is 2.65 bits per heavy atom. The molecule has 0 radical (unpaired) electrons. The van der Waals surface area contributed by atoms with E-state index in [1.54, 1.807) is 18.3 Å². The van der Waals surface area contributed by atoms with Gasteiger partial charge in [0.2, 0.25) is 0 Å². The number of rotatable bonds is 3. The van der Waals surface area contributed by atoms with Crippen LogP contribution < -0.4 is 5.32 Å². The van der Waals surface area contributed by atoms with Gasteiger partial charge in [-0.1, -0.05) is 29.3 Å². The second kappa shape index (κ2) is 5.50.